The van der Waals surface area contributed by atoms with E-state index in [1.807, 2.05) is 0 Å². The lowest BCUT2D eigenvalue weighted by Crippen LogP contribution is -2.69. The molecule has 1 atom stereocenters. The van der Waals surface area contributed by atoms with Crippen LogP contribution < -0.4 is 0 Å². The van der Waals surface area contributed by atoms with E-state index in [1.165, 1.54) is 0 Å². The summed E-state index contributed by atoms with van der Waals surface area (Å²) in [6, 6.07) is -0.241. The standard InChI is InChI=1S/C18H15F13O4S/c1-2-3-4-11(36(33,34)35)12(32)9-5-7-10(8-6-9)13(19,20)14(21,22)15(23,24)16(25,26)17(27,28)18(29,30)31/h5-8,11H,2-4H2,1H3,(H,33,34,35)/t11-/m0/s1. The van der Waals surface area contributed by atoms with Crippen LogP contribution in [0, 0.1) is 0 Å². The van der Waals surface area contributed by atoms with Crippen molar-refractivity contribution in [2.24, 2.45) is 0 Å². The lowest BCUT2D eigenvalue weighted by Gasteiger charge is -2.39. The van der Waals surface area contributed by atoms with Gasteiger partial charge in [-0.2, -0.15) is 65.5 Å². The number of benzene rings is 1. The Bertz CT molecular complexity index is 1050. The molecule has 0 fully saturated rings. The molecule has 0 saturated heterocycles. The maximum Gasteiger partial charge on any atom is 0.460 e. The number of carbonyl (C=O) groups excluding carboxylic acids is 1. The van der Waals surface area contributed by atoms with Crippen LogP contribution in [0.4, 0.5) is 57.1 Å². The molecule has 0 aliphatic rings. The molecule has 0 aliphatic heterocycles. The second kappa shape index (κ2) is 9.64. The average molecular weight is 574 g/mol. The molecule has 0 spiro atoms. The Balaban J connectivity index is 3.49. The maximum atomic E-state index is 14.2. The van der Waals surface area contributed by atoms with E-state index in [0.717, 1.165) is 0 Å². The minimum atomic E-state index is -8.05. The van der Waals surface area contributed by atoms with E-state index >= 15 is 0 Å². The smallest absolute Gasteiger partial charge is 0.293 e. The van der Waals surface area contributed by atoms with Crippen LogP contribution in [0.3, 0.4) is 0 Å². The third-order valence-corrected chi connectivity index (χ3v) is 6.11. The van der Waals surface area contributed by atoms with Crippen molar-refractivity contribution in [1.82, 2.24) is 0 Å². The summed E-state index contributed by atoms with van der Waals surface area (Å²) in [4.78, 5) is 12.3. The van der Waals surface area contributed by atoms with Gasteiger partial charge in [-0.3, -0.25) is 9.35 Å². The number of Topliss-reactive ketones (excluding diaryl/α,β-unsaturated/α-hetero) is 1. The molecule has 0 amide bonds. The number of carbonyl (C=O) groups is 1. The van der Waals surface area contributed by atoms with Crippen LogP contribution in [0.2, 0.25) is 0 Å². The van der Waals surface area contributed by atoms with E-state index in [-0.39, 0.29) is 30.7 Å². The molecule has 0 aromatic heterocycles. The molecular weight excluding hydrogens is 559 g/mol. The molecule has 1 N–H and O–H groups in total. The zero-order valence-corrected chi connectivity index (χ0v) is 18.3. The average Bonchev–Trinajstić information content (AvgIpc) is 2.71. The van der Waals surface area contributed by atoms with Gasteiger partial charge in [-0.05, 0) is 6.42 Å². The van der Waals surface area contributed by atoms with Crippen LogP contribution in [0.25, 0.3) is 0 Å². The largest absolute Gasteiger partial charge is 0.460 e. The van der Waals surface area contributed by atoms with Gasteiger partial charge in [-0.1, -0.05) is 44.0 Å². The van der Waals surface area contributed by atoms with Gasteiger partial charge in [0, 0.05) is 11.1 Å². The van der Waals surface area contributed by atoms with E-state index < -0.39 is 74.5 Å². The lowest BCUT2D eigenvalue weighted by atomic mass is 9.90. The summed E-state index contributed by atoms with van der Waals surface area (Å²) in [6.07, 6.45) is -7.66. The first kappa shape index (κ1) is 31.9. The minimum Gasteiger partial charge on any atom is -0.293 e. The van der Waals surface area contributed by atoms with Crippen LogP contribution in [0.5, 0.6) is 0 Å². The third kappa shape index (κ3) is 5.15. The lowest BCUT2D eigenvalue weighted by molar-refractivity contribution is -0.441. The molecule has 0 bridgehead atoms. The molecule has 0 heterocycles. The van der Waals surface area contributed by atoms with Gasteiger partial charge in [0.15, 0.2) is 5.78 Å². The highest BCUT2D eigenvalue weighted by Gasteiger charge is 2.90. The quantitative estimate of drug-likeness (QED) is 0.186. The monoisotopic (exact) mass is 574 g/mol. The summed E-state index contributed by atoms with van der Waals surface area (Å²) < 4.78 is 204. The highest BCUT2D eigenvalue weighted by atomic mass is 32.2. The van der Waals surface area contributed by atoms with Crippen LogP contribution >= 0.6 is 0 Å². The molecule has 0 unspecified atom stereocenters. The summed E-state index contributed by atoms with van der Waals surface area (Å²) in [7, 11) is -5.07. The van der Waals surface area contributed by atoms with Gasteiger partial charge in [-0.25, -0.2) is 0 Å². The number of unbranched alkanes of at least 4 members (excludes halogenated alkanes) is 1. The Labute approximate surface area is 194 Å². The molecule has 208 valence electrons. The number of hydrogen-bond donors (Lipinski definition) is 1. The normalized spacial score (nSPS) is 15.6. The van der Waals surface area contributed by atoms with Crippen molar-refractivity contribution in [2.45, 2.75) is 67.2 Å². The summed E-state index contributed by atoms with van der Waals surface area (Å²) >= 11 is 0. The van der Waals surface area contributed by atoms with Gasteiger partial charge >= 0.3 is 35.8 Å². The fourth-order valence-corrected chi connectivity index (χ4v) is 3.66. The molecule has 18 heteroatoms. The maximum absolute atomic E-state index is 14.2. The Morgan fingerprint density at radius 3 is 1.56 bits per heavy atom. The van der Waals surface area contributed by atoms with Crippen LogP contribution in [0.15, 0.2) is 24.3 Å². The van der Waals surface area contributed by atoms with E-state index in [9.17, 15) is 70.3 Å². The zero-order chi connectivity index (χ0) is 28.8. The van der Waals surface area contributed by atoms with Crippen molar-refractivity contribution in [2.75, 3.05) is 0 Å². The van der Waals surface area contributed by atoms with Gasteiger partial charge in [0.2, 0.25) is 0 Å². The fourth-order valence-electron chi connectivity index (χ4n) is 2.79. The summed E-state index contributed by atoms with van der Waals surface area (Å²) in [5, 5.41) is -2.15. The SMILES string of the molecule is CCCC[C@@H](C(=O)c1ccc(C(F)(F)C(F)(F)C(F)(F)C(F)(F)C(F)(F)C(F)(F)F)cc1)S(=O)(=O)O. The number of alkyl halides is 13. The predicted octanol–water partition coefficient (Wildman–Crippen LogP) is 6.51. The fraction of sp³-hybridized carbons (Fsp3) is 0.611. The number of rotatable bonds is 11. The Kier molecular flexibility index (Phi) is 8.55. The molecule has 0 aliphatic carbocycles. The summed E-state index contributed by atoms with van der Waals surface area (Å²) in [5.74, 6) is -39.4. The Morgan fingerprint density at radius 1 is 0.778 bits per heavy atom. The number of halogens is 13. The Morgan fingerprint density at radius 2 is 1.19 bits per heavy atom. The van der Waals surface area contributed by atoms with Crippen LogP contribution in [-0.2, 0) is 16.0 Å². The van der Waals surface area contributed by atoms with E-state index in [2.05, 4.69) is 0 Å². The van der Waals surface area contributed by atoms with Crippen molar-refractivity contribution >= 4 is 15.9 Å². The van der Waals surface area contributed by atoms with Gasteiger partial charge in [0.1, 0.15) is 5.25 Å². The number of hydrogen-bond acceptors (Lipinski definition) is 3. The summed E-state index contributed by atoms with van der Waals surface area (Å²) in [5.41, 5.74) is -3.19. The van der Waals surface area contributed by atoms with Crippen LogP contribution in [-0.4, -0.2) is 53.9 Å². The molecule has 0 saturated carbocycles. The second-order valence-corrected chi connectivity index (χ2v) is 9.06. The van der Waals surface area contributed by atoms with Crippen molar-refractivity contribution in [1.29, 1.82) is 0 Å². The molecule has 4 nitrogen and oxygen atoms in total. The van der Waals surface area contributed by atoms with Crippen molar-refractivity contribution in [3.63, 3.8) is 0 Å². The van der Waals surface area contributed by atoms with Crippen LogP contribution in [0.1, 0.15) is 42.1 Å². The van der Waals surface area contributed by atoms with E-state index in [0.29, 0.717) is 6.42 Å². The first-order valence-electron chi connectivity index (χ1n) is 9.39. The highest BCUT2D eigenvalue weighted by molar-refractivity contribution is 7.87. The van der Waals surface area contributed by atoms with E-state index in [1.54, 1.807) is 6.92 Å². The van der Waals surface area contributed by atoms with E-state index in [4.69, 9.17) is 4.55 Å². The highest BCUT2D eigenvalue weighted by Crippen LogP contribution is 2.62. The van der Waals surface area contributed by atoms with Gasteiger partial charge in [0.05, 0.1) is 0 Å². The Hall–Kier alpha value is -2.11. The number of ketones is 1. The first-order valence-corrected chi connectivity index (χ1v) is 10.9. The van der Waals surface area contributed by atoms with Crippen molar-refractivity contribution in [3.05, 3.63) is 35.4 Å². The van der Waals surface area contributed by atoms with Crippen molar-refractivity contribution < 1.29 is 74.8 Å². The van der Waals surface area contributed by atoms with Crippen molar-refractivity contribution in [3.8, 4) is 0 Å². The van der Waals surface area contributed by atoms with Gasteiger partial charge < -0.3 is 0 Å². The predicted molar refractivity (Wildman–Crippen MR) is 95.4 cm³/mol. The zero-order valence-electron chi connectivity index (χ0n) is 17.5. The molecule has 1 rings (SSSR count). The molecule has 0 radical (unpaired) electrons. The molecular formula is C18H15F13O4S. The molecule has 36 heavy (non-hydrogen) atoms. The third-order valence-electron chi connectivity index (χ3n) is 4.94. The molecule has 1 aromatic carbocycles. The summed E-state index contributed by atoms with van der Waals surface area (Å²) in [6.45, 7) is 1.55. The minimum absolute atomic E-state index is 0.0461. The topological polar surface area (TPSA) is 71.4 Å². The van der Waals surface area contributed by atoms with Gasteiger partial charge in [-0.15, -0.1) is 0 Å². The second-order valence-electron chi connectivity index (χ2n) is 7.46. The molecule has 1 aromatic rings. The first-order chi connectivity index (χ1) is 15.8. The van der Waals surface area contributed by atoms with Gasteiger partial charge in [0.25, 0.3) is 10.1 Å².